The molecule has 0 amide bonds. The summed E-state index contributed by atoms with van der Waals surface area (Å²) in [6.45, 7) is 5.15. The van der Waals surface area contributed by atoms with Crippen LogP contribution in [0.25, 0.3) is 0 Å². The first-order valence-electron chi connectivity index (χ1n) is 12.0. The summed E-state index contributed by atoms with van der Waals surface area (Å²) in [5.41, 5.74) is 1.66. The molecule has 0 saturated carbocycles. The van der Waals surface area contributed by atoms with Gasteiger partial charge in [0, 0.05) is 31.4 Å². The second kappa shape index (κ2) is 12.8. The maximum atomic E-state index is 11.8. The Morgan fingerprint density at radius 2 is 1.86 bits per heavy atom. The zero-order valence-electron chi connectivity index (χ0n) is 20.6. The lowest BCUT2D eigenvalue weighted by Gasteiger charge is -2.34. The van der Waals surface area contributed by atoms with Crippen LogP contribution in [0.5, 0.6) is 11.5 Å². The third-order valence-corrected chi connectivity index (χ3v) is 6.47. The number of carbonyl (C=O) groups excluding carboxylic acids is 1. The molecule has 1 aliphatic rings. The standard InChI is InChI=1S/C25H35N3O7S/c1-3-34-25(31)19-4-6-20(7-5-19)28-12-10-18(11-13-28)15-26-16-21(29)17-35-22-8-9-24(30)23(14-22)27-36(2,32)33/h4-9,14,18,21,26-27,29-30H,3,10-13,15-17H2,1-2H3/t21-/m0/s1. The average molecular weight is 522 g/mol. The lowest BCUT2D eigenvalue weighted by molar-refractivity contribution is 0.0526. The molecule has 1 fully saturated rings. The number of anilines is 2. The maximum absolute atomic E-state index is 11.8. The summed E-state index contributed by atoms with van der Waals surface area (Å²) in [5, 5.41) is 23.3. The number of phenols is 1. The van der Waals surface area contributed by atoms with Gasteiger partial charge < -0.3 is 29.9 Å². The van der Waals surface area contributed by atoms with Crippen LogP contribution in [0.2, 0.25) is 0 Å². The van der Waals surface area contributed by atoms with E-state index >= 15 is 0 Å². The van der Waals surface area contributed by atoms with Crippen molar-refractivity contribution in [2.45, 2.75) is 25.9 Å². The first-order chi connectivity index (χ1) is 17.1. The molecular weight excluding hydrogens is 486 g/mol. The molecule has 3 rings (SSSR count). The molecule has 4 N–H and O–H groups in total. The molecule has 11 heteroatoms. The number of ether oxygens (including phenoxy) is 2. The monoisotopic (exact) mass is 521 g/mol. The Hall–Kier alpha value is -3.02. The summed E-state index contributed by atoms with van der Waals surface area (Å²) < 4.78 is 35.6. The van der Waals surface area contributed by atoms with Crippen molar-refractivity contribution in [3.63, 3.8) is 0 Å². The van der Waals surface area contributed by atoms with Crippen molar-refractivity contribution in [2.24, 2.45) is 5.92 Å². The van der Waals surface area contributed by atoms with E-state index in [-0.39, 0.29) is 24.0 Å². The first-order valence-corrected chi connectivity index (χ1v) is 13.9. The van der Waals surface area contributed by atoms with E-state index in [4.69, 9.17) is 9.47 Å². The van der Waals surface area contributed by atoms with Crippen LogP contribution in [-0.2, 0) is 14.8 Å². The fourth-order valence-corrected chi connectivity index (χ4v) is 4.57. The Labute approximate surface area is 212 Å². The SMILES string of the molecule is CCOC(=O)c1ccc(N2CCC(CNC[C@H](O)COc3ccc(O)c(NS(C)(=O)=O)c3)CC2)cc1. The van der Waals surface area contributed by atoms with E-state index in [1.165, 1.54) is 18.2 Å². The predicted molar refractivity (Wildman–Crippen MR) is 138 cm³/mol. The predicted octanol–water partition coefficient (Wildman–Crippen LogP) is 2.19. The molecule has 1 saturated heterocycles. The number of benzene rings is 2. The Kier molecular flexibility index (Phi) is 9.80. The molecule has 1 atom stereocenters. The van der Waals surface area contributed by atoms with E-state index in [0.717, 1.165) is 44.4 Å². The number of aromatic hydroxyl groups is 1. The van der Waals surface area contributed by atoms with Crippen molar-refractivity contribution in [3.8, 4) is 11.5 Å². The van der Waals surface area contributed by atoms with Gasteiger partial charge in [0.05, 0.1) is 24.1 Å². The number of aliphatic hydroxyl groups excluding tert-OH is 1. The third kappa shape index (κ3) is 8.58. The summed E-state index contributed by atoms with van der Waals surface area (Å²) in [7, 11) is -3.54. The smallest absolute Gasteiger partial charge is 0.338 e. The van der Waals surface area contributed by atoms with Crippen LogP contribution in [0.3, 0.4) is 0 Å². The van der Waals surface area contributed by atoms with Crippen molar-refractivity contribution in [2.75, 3.05) is 55.3 Å². The molecule has 0 aliphatic carbocycles. The topological polar surface area (TPSA) is 137 Å². The van der Waals surface area contributed by atoms with Crippen LogP contribution in [0.1, 0.15) is 30.1 Å². The van der Waals surface area contributed by atoms with Gasteiger partial charge in [0.15, 0.2) is 0 Å². The van der Waals surface area contributed by atoms with Crippen molar-refractivity contribution < 1.29 is 32.9 Å². The number of hydrogen-bond acceptors (Lipinski definition) is 9. The molecule has 0 spiro atoms. The highest BCUT2D eigenvalue weighted by Gasteiger charge is 2.20. The Morgan fingerprint density at radius 1 is 1.17 bits per heavy atom. The highest BCUT2D eigenvalue weighted by Crippen LogP contribution is 2.29. The Balaban J connectivity index is 1.36. The zero-order valence-corrected chi connectivity index (χ0v) is 21.5. The zero-order chi connectivity index (χ0) is 26.1. The van der Waals surface area contributed by atoms with E-state index in [0.29, 0.717) is 30.4 Å². The fourth-order valence-electron chi connectivity index (χ4n) is 4.01. The molecule has 0 bridgehead atoms. The Morgan fingerprint density at radius 3 is 2.50 bits per heavy atom. The molecular formula is C25H35N3O7S. The molecule has 0 radical (unpaired) electrons. The van der Waals surface area contributed by atoms with Crippen molar-refractivity contribution in [3.05, 3.63) is 48.0 Å². The van der Waals surface area contributed by atoms with E-state index in [9.17, 15) is 23.4 Å². The molecule has 198 valence electrons. The van der Waals surface area contributed by atoms with Gasteiger partial charge in [-0.1, -0.05) is 0 Å². The minimum Gasteiger partial charge on any atom is -0.506 e. The van der Waals surface area contributed by atoms with Crippen LogP contribution in [-0.4, -0.2) is 76.4 Å². The number of carbonyl (C=O) groups is 1. The summed E-state index contributed by atoms with van der Waals surface area (Å²) in [5.74, 6) is 0.309. The van der Waals surface area contributed by atoms with Crippen LogP contribution < -0.4 is 19.7 Å². The van der Waals surface area contributed by atoms with Gasteiger partial charge in [0.25, 0.3) is 0 Å². The second-order valence-electron chi connectivity index (χ2n) is 8.87. The van der Waals surface area contributed by atoms with E-state index in [1.807, 2.05) is 12.1 Å². The van der Waals surface area contributed by atoms with E-state index in [2.05, 4.69) is 14.9 Å². The molecule has 2 aromatic rings. The van der Waals surface area contributed by atoms with Gasteiger partial charge in [0.1, 0.15) is 24.2 Å². The molecule has 36 heavy (non-hydrogen) atoms. The van der Waals surface area contributed by atoms with Gasteiger partial charge in [-0.2, -0.15) is 0 Å². The minimum absolute atomic E-state index is 0.0175. The van der Waals surface area contributed by atoms with Crippen molar-refractivity contribution >= 4 is 27.4 Å². The van der Waals surface area contributed by atoms with E-state index in [1.54, 1.807) is 19.1 Å². The second-order valence-corrected chi connectivity index (χ2v) is 10.6. The van der Waals surface area contributed by atoms with Crippen molar-refractivity contribution in [1.82, 2.24) is 5.32 Å². The fraction of sp³-hybridized carbons (Fsp3) is 0.480. The quantitative estimate of drug-likeness (QED) is 0.245. The van der Waals surface area contributed by atoms with Crippen LogP contribution in [0.4, 0.5) is 11.4 Å². The largest absolute Gasteiger partial charge is 0.506 e. The normalized spacial score (nSPS) is 15.4. The number of esters is 1. The number of sulfonamides is 1. The minimum atomic E-state index is -3.54. The average Bonchev–Trinajstić information content (AvgIpc) is 2.84. The number of phenolic OH excluding ortho intramolecular Hbond substituents is 1. The molecule has 2 aromatic carbocycles. The van der Waals surface area contributed by atoms with E-state index < -0.39 is 16.1 Å². The number of nitrogens with one attached hydrogen (secondary N) is 2. The van der Waals surface area contributed by atoms with Crippen LogP contribution in [0, 0.1) is 5.92 Å². The summed E-state index contributed by atoms with van der Waals surface area (Å²) in [4.78, 5) is 14.1. The van der Waals surface area contributed by atoms with Crippen LogP contribution in [0.15, 0.2) is 42.5 Å². The molecule has 1 heterocycles. The third-order valence-electron chi connectivity index (χ3n) is 5.88. The number of aliphatic hydroxyl groups is 1. The number of nitrogens with zero attached hydrogens (tertiary/aromatic N) is 1. The lowest BCUT2D eigenvalue weighted by Crippen LogP contribution is -2.39. The number of rotatable bonds is 12. The van der Waals surface area contributed by atoms with Gasteiger partial charge >= 0.3 is 5.97 Å². The van der Waals surface area contributed by atoms with Gasteiger partial charge in [0.2, 0.25) is 10.0 Å². The Bertz CT molecular complexity index is 1100. The number of hydrogen-bond donors (Lipinski definition) is 4. The number of piperidine rings is 1. The molecule has 1 aliphatic heterocycles. The van der Waals surface area contributed by atoms with Gasteiger partial charge in [-0.3, -0.25) is 4.72 Å². The maximum Gasteiger partial charge on any atom is 0.338 e. The van der Waals surface area contributed by atoms with Crippen LogP contribution >= 0.6 is 0 Å². The van der Waals surface area contributed by atoms with Gasteiger partial charge in [-0.25, -0.2) is 13.2 Å². The molecule has 0 unspecified atom stereocenters. The first kappa shape index (κ1) is 27.6. The molecule has 10 nitrogen and oxygen atoms in total. The highest BCUT2D eigenvalue weighted by molar-refractivity contribution is 7.92. The molecule has 0 aromatic heterocycles. The van der Waals surface area contributed by atoms with Gasteiger partial charge in [-0.15, -0.1) is 0 Å². The summed E-state index contributed by atoms with van der Waals surface area (Å²) in [6, 6.07) is 11.7. The van der Waals surface area contributed by atoms with Gasteiger partial charge in [-0.05, 0) is 68.6 Å². The van der Waals surface area contributed by atoms with Crippen molar-refractivity contribution in [1.29, 1.82) is 0 Å². The highest BCUT2D eigenvalue weighted by atomic mass is 32.2. The summed E-state index contributed by atoms with van der Waals surface area (Å²) >= 11 is 0. The lowest BCUT2D eigenvalue weighted by atomic mass is 9.96. The summed E-state index contributed by atoms with van der Waals surface area (Å²) in [6.07, 6.45) is 2.28.